The van der Waals surface area contributed by atoms with E-state index in [1.807, 2.05) is 6.07 Å². The van der Waals surface area contributed by atoms with Crippen molar-refractivity contribution in [1.82, 2.24) is 10.2 Å². The van der Waals surface area contributed by atoms with Gasteiger partial charge in [-0.15, -0.1) is 5.11 Å². The van der Waals surface area contributed by atoms with Crippen molar-refractivity contribution in [2.75, 3.05) is 11.1 Å². The maximum absolute atomic E-state index is 12.2. The van der Waals surface area contributed by atoms with Gasteiger partial charge in [0.1, 0.15) is 11.6 Å². The number of hydrogen-bond donors (Lipinski definition) is 4. The molecule has 0 saturated carbocycles. The lowest BCUT2D eigenvalue weighted by Gasteiger charge is -2.02. The zero-order chi connectivity index (χ0) is 16.9. The van der Waals surface area contributed by atoms with Crippen LogP contribution in [0.5, 0.6) is 5.75 Å². The average molecular weight is 322 g/mol. The number of rotatable bonds is 4. The number of carbonyl (C=O) groups is 1. The summed E-state index contributed by atoms with van der Waals surface area (Å²) in [6.07, 6.45) is 0. The monoisotopic (exact) mass is 322 g/mol. The minimum atomic E-state index is -0.330. The fourth-order valence-corrected chi connectivity index (χ4v) is 1.93. The largest absolute Gasteiger partial charge is 0.508 e. The number of anilines is 2. The van der Waals surface area contributed by atoms with Crippen LogP contribution in [0.4, 0.5) is 23.0 Å². The first-order valence-electron chi connectivity index (χ1n) is 7.04. The Kier molecular flexibility index (Phi) is 4.19. The number of aromatic nitrogens is 2. The molecule has 1 amide bonds. The lowest BCUT2D eigenvalue weighted by molar-refractivity contribution is 0.102. The van der Waals surface area contributed by atoms with Crippen molar-refractivity contribution in [2.45, 2.75) is 0 Å². The first-order chi connectivity index (χ1) is 11.6. The Balaban J connectivity index is 1.81. The van der Waals surface area contributed by atoms with E-state index in [1.165, 1.54) is 12.1 Å². The number of aromatic amines is 1. The molecule has 8 nitrogen and oxygen atoms in total. The summed E-state index contributed by atoms with van der Waals surface area (Å²) in [6, 6.07) is 14.9. The molecule has 0 bridgehead atoms. The highest BCUT2D eigenvalue weighted by atomic mass is 16.3. The number of H-pyrrole nitrogens is 1. The fourth-order valence-electron chi connectivity index (χ4n) is 1.93. The molecule has 1 aromatic heterocycles. The summed E-state index contributed by atoms with van der Waals surface area (Å²) in [5, 5.41) is 26.4. The van der Waals surface area contributed by atoms with Gasteiger partial charge in [-0.1, -0.05) is 18.2 Å². The number of hydrogen-bond acceptors (Lipinski definition) is 6. The fraction of sp³-hybridized carbons (Fsp3) is 0. The first-order valence-corrected chi connectivity index (χ1v) is 7.04. The minimum Gasteiger partial charge on any atom is -0.508 e. The van der Waals surface area contributed by atoms with Crippen LogP contribution in [0.1, 0.15) is 10.4 Å². The van der Waals surface area contributed by atoms with Gasteiger partial charge in [-0.2, -0.15) is 10.2 Å². The predicted molar refractivity (Wildman–Crippen MR) is 89.7 cm³/mol. The van der Waals surface area contributed by atoms with Crippen LogP contribution in [0.15, 0.2) is 64.8 Å². The van der Waals surface area contributed by atoms with Crippen LogP contribution < -0.4 is 11.1 Å². The zero-order valence-corrected chi connectivity index (χ0v) is 12.5. The number of carbonyl (C=O) groups excluding carboxylic acids is 1. The second-order valence-corrected chi connectivity index (χ2v) is 4.87. The molecule has 2 aromatic carbocycles. The van der Waals surface area contributed by atoms with Gasteiger partial charge in [-0.25, -0.2) is 0 Å². The van der Waals surface area contributed by atoms with Crippen molar-refractivity contribution in [3.63, 3.8) is 0 Å². The Bertz CT molecular complexity index is 871. The number of nitrogens with two attached hydrogens (primary N) is 1. The molecular formula is C16H14N6O2. The Labute approximate surface area is 137 Å². The maximum Gasteiger partial charge on any atom is 0.256 e. The molecule has 3 aromatic rings. The first kappa shape index (κ1) is 15.2. The van der Waals surface area contributed by atoms with Crippen molar-refractivity contribution >= 4 is 28.9 Å². The van der Waals surface area contributed by atoms with E-state index in [2.05, 4.69) is 25.7 Å². The Hall–Kier alpha value is -3.68. The highest BCUT2D eigenvalue weighted by Gasteiger charge is 2.14. The molecule has 0 aliphatic rings. The van der Waals surface area contributed by atoms with E-state index in [1.54, 1.807) is 36.4 Å². The lowest BCUT2D eigenvalue weighted by Crippen LogP contribution is -2.12. The van der Waals surface area contributed by atoms with Gasteiger partial charge in [-0.3, -0.25) is 9.89 Å². The summed E-state index contributed by atoms with van der Waals surface area (Å²) < 4.78 is 0. The lowest BCUT2D eigenvalue weighted by atomic mass is 10.2. The molecule has 0 fully saturated rings. The number of benzene rings is 2. The molecular weight excluding hydrogens is 308 g/mol. The van der Waals surface area contributed by atoms with E-state index in [-0.39, 0.29) is 29.0 Å². The number of amides is 1. The second kappa shape index (κ2) is 6.61. The van der Waals surface area contributed by atoms with Crippen molar-refractivity contribution in [3.8, 4) is 5.75 Å². The Morgan fingerprint density at radius 2 is 1.79 bits per heavy atom. The van der Waals surface area contributed by atoms with E-state index >= 15 is 0 Å². The Morgan fingerprint density at radius 3 is 2.50 bits per heavy atom. The van der Waals surface area contributed by atoms with Crippen LogP contribution in [0.3, 0.4) is 0 Å². The Morgan fingerprint density at radius 1 is 1.08 bits per heavy atom. The van der Waals surface area contributed by atoms with Gasteiger partial charge >= 0.3 is 0 Å². The second-order valence-electron chi connectivity index (χ2n) is 4.87. The van der Waals surface area contributed by atoms with E-state index in [0.29, 0.717) is 11.3 Å². The highest BCUT2D eigenvalue weighted by Crippen LogP contribution is 2.31. The standard InChI is InChI=1S/C16H14N6O2/c17-14-13(20-19-11-6-8-12(23)9-7-11)15(22-21-14)18-16(24)10-4-2-1-3-5-10/h1-9,23H,(H4,17,18,21,22,24). The van der Waals surface area contributed by atoms with Crippen LogP contribution in [0, 0.1) is 0 Å². The maximum atomic E-state index is 12.2. The number of nitrogen functional groups attached to an aromatic ring is 1. The van der Waals surface area contributed by atoms with Crippen LogP contribution >= 0.6 is 0 Å². The van der Waals surface area contributed by atoms with Gasteiger partial charge in [0.15, 0.2) is 11.5 Å². The molecule has 0 radical (unpaired) electrons. The molecule has 0 spiro atoms. The smallest absolute Gasteiger partial charge is 0.256 e. The number of phenolic OH excluding ortho intramolecular Hbond substituents is 1. The third-order valence-electron chi connectivity index (χ3n) is 3.15. The quantitative estimate of drug-likeness (QED) is 0.549. The number of nitrogens with one attached hydrogen (secondary N) is 2. The van der Waals surface area contributed by atoms with E-state index in [0.717, 1.165) is 0 Å². The molecule has 3 rings (SSSR count). The van der Waals surface area contributed by atoms with Crippen molar-refractivity contribution < 1.29 is 9.90 Å². The van der Waals surface area contributed by atoms with Gasteiger partial charge in [0, 0.05) is 5.56 Å². The topological polar surface area (TPSA) is 129 Å². The number of nitrogens with zero attached hydrogens (tertiary/aromatic N) is 3. The molecule has 8 heteroatoms. The van der Waals surface area contributed by atoms with E-state index < -0.39 is 0 Å². The molecule has 120 valence electrons. The highest BCUT2D eigenvalue weighted by molar-refractivity contribution is 6.05. The molecule has 5 N–H and O–H groups in total. The van der Waals surface area contributed by atoms with Gasteiger partial charge < -0.3 is 16.2 Å². The summed E-state index contributed by atoms with van der Waals surface area (Å²) in [5.41, 5.74) is 7.02. The van der Waals surface area contributed by atoms with Crippen molar-refractivity contribution in [2.24, 2.45) is 10.2 Å². The average Bonchev–Trinajstić information content (AvgIpc) is 2.95. The van der Waals surface area contributed by atoms with E-state index in [9.17, 15) is 9.90 Å². The van der Waals surface area contributed by atoms with Crippen LogP contribution in [0.2, 0.25) is 0 Å². The van der Waals surface area contributed by atoms with Gasteiger partial charge in [-0.05, 0) is 36.4 Å². The molecule has 24 heavy (non-hydrogen) atoms. The number of phenols is 1. The summed E-state index contributed by atoms with van der Waals surface area (Å²) >= 11 is 0. The molecule has 0 saturated heterocycles. The zero-order valence-electron chi connectivity index (χ0n) is 12.5. The van der Waals surface area contributed by atoms with Crippen LogP contribution in [-0.2, 0) is 0 Å². The molecule has 0 atom stereocenters. The van der Waals surface area contributed by atoms with Crippen molar-refractivity contribution in [1.29, 1.82) is 0 Å². The van der Waals surface area contributed by atoms with Gasteiger partial charge in [0.25, 0.3) is 5.91 Å². The number of aromatic hydroxyl groups is 1. The summed E-state index contributed by atoms with van der Waals surface area (Å²) in [7, 11) is 0. The van der Waals surface area contributed by atoms with Gasteiger partial charge in [0.2, 0.25) is 0 Å². The normalized spacial score (nSPS) is 10.8. The predicted octanol–water partition coefficient (Wildman–Crippen LogP) is 3.37. The third kappa shape index (κ3) is 3.38. The molecule has 0 aliphatic carbocycles. The summed E-state index contributed by atoms with van der Waals surface area (Å²) in [5.74, 6) is 0.167. The molecule has 0 unspecified atom stereocenters. The summed E-state index contributed by atoms with van der Waals surface area (Å²) in [6.45, 7) is 0. The van der Waals surface area contributed by atoms with Crippen LogP contribution in [0.25, 0.3) is 0 Å². The minimum absolute atomic E-state index is 0.132. The molecule has 1 heterocycles. The number of azo groups is 1. The van der Waals surface area contributed by atoms with Crippen LogP contribution in [-0.4, -0.2) is 21.2 Å². The third-order valence-corrected chi connectivity index (χ3v) is 3.15. The summed E-state index contributed by atoms with van der Waals surface area (Å²) in [4.78, 5) is 12.2. The van der Waals surface area contributed by atoms with Gasteiger partial charge in [0.05, 0.1) is 5.69 Å². The molecule has 0 aliphatic heterocycles. The van der Waals surface area contributed by atoms with Crippen molar-refractivity contribution in [3.05, 3.63) is 60.2 Å². The van der Waals surface area contributed by atoms with E-state index in [4.69, 9.17) is 5.73 Å². The SMILES string of the molecule is Nc1[nH]nc(NC(=O)c2ccccc2)c1N=Nc1ccc(O)cc1.